The molecule has 0 aromatic carbocycles. The number of amides is 1. The Morgan fingerprint density at radius 3 is 2.80 bits per heavy atom. The zero-order valence-corrected chi connectivity index (χ0v) is 9.83. The van der Waals surface area contributed by atoms with E-state index in [-0.39, 0.29) is 0 Å². The summed E-state index contributed by atoms with van der Waals surface area (Å²) in [7, 11) is 0. The molecule has 3 nitrogen and oxygen atoms in total. The van der Waals surface area contributed by atoms with Gasteiger partial charge in [0, 0.05) is 31.6 Å². The van der Waals surface area contributed by atoms with Crippen molar-refractivity contribution in [3.05, 3.63) is 0 Å². The van der Waals surface area contributed by atoms with Crippen molar-refractivity contribution in [2.45, 2.75) is 39.2 Å². The third-order valence-corrected chi connectivity index (χ3v) is 3.25. The van der Waals surface area contributed by atoms with Crippen LogP contribution >= 0.6 is 0 Å². The van der Waals surface area contributed by atoms with E-state index in [4.69, 9.17) is 0 Å². The molecule has 1 atom stereocenters. The minimum absolute atomic E-state index is 0.378. The first-order valence-corrected chi connectivity index (χ1v) is 6.19. The van der Waals surface area contributed by atoms with Crippen molar-refractivity contribution in [1.82, 2.24) is 10.2 Å². The summed E-state index contributed by atoms with van der Waals surface area (Å²) >= 11 is 0. The maximum Gasteiger partial charge on any atom is 0.225 e. The molecular formula is C12H22N2O. The Bertz CT molecular complexity index is 236. The summed E-state index contributed by atoms with van der Waals surface area (Å²) in [6.45, 7) is 7.28. The minimum atomic E-state index is 0.378. The Kier molecular flexibility index (Phi) is 3.29. The van der Waals surface area contributed by atoms with Crippen molar-refractivity contribution in [2.24, 2.45) is 11.8 Å². The highest BCUT2D eigenvalue weighted by Gasteiger charge is 2.35. The molecule has 1 amide bonds. The molecule has 0 aromatic heterocycles. The van der Waals surface area contributed by atoms with Crippen molar-refractivity contribution in [2.75, 3.05) is 19.6 Å². The molecule has 1 N–H and O–H groups in total. The fourth-order valence-electron chi connectivity index (χ4n) is 2.34. The van der Waals surface area contributed by atoms with Gasteiger partial charge in [-0.3, -0.25) is 4.79 Å². The first kappa shape index (κ1) is 10.9. The monoisotopic (exact) mass is 210 g/mol. The van der Waals surface area contributed by atoms with Crippen LogP contribution in [0, 0.1) is 11.8 Å². The number of hydrogen-bond donors (Lipinski definition) is 1. The second-order valence-corrected chi connectivity index (χ2v) is 5.34. The Morgan fingerprint density at radius 1 is 1.47 bits per heavy atom. The van der Waals surface area contributed by atoms with Crippen molar-refractivity contribution >= 4 is 5.91 Å². The largest absolute Gasteiger partial charge is 0.340 e. The maximum atomic E-state index is 11.9. The van der Waals surface area contributed by atoms with E-state index in [1.54, 1.807) is 0 Å². The van der Waals surface area contributed by atoms with Crippen LogP contribution in [0.4, 0.5) is 0 Å². The molecule has 15 heavy (non-hydrogen) atoms. The molecule has 0 spiro atoms. The van der Waals surface area contributed by atoms with Crippen molar-refractivity contribution < 1.29 is 4.79 Å². The standard InChI is InChI=1S/C12H22N2O/c1-9(2)7-11-8-14(6-5-13-11)12(15)10-3-4-10/h9-11,13H,3-8H2,1-2H3. The van der Waals surface area contributed by atoms with E-state index in [0.29, 0.717) is 23.8 Å². The van der Waals surface area contributed by atoms with Crippen LogP contribution in [0.5, 0.6) is 0 Å². The van der Waals surface area contributed by atoms with Gasteiger partial charge in [0.2, 0.25) is 5.91 Å². The van der Waals surface area contributed by atoms with E-state index in [2.05, 4.69) is 24.1 Å². The molecule has 1 heterocycles. The number of carbonyl (C=O) groups is 1. The molecular weight excluding hydrogens is 188 g/mol. The summed E-state index contributed by atoms with van der Waals surface area (Å²) in [5, 5.41) is 3.50. The van der Waals surface area contributed by atoms with Gasteiger partial charge >= 0.3 is 0 Å². The Balaban J connectivity index is 1.83. The van der Waals surface area contributed by atoms with Gasteiger partial charge in [-0.15, -0.1) is 0 Å². The molecule has 0 radical (unpaired) electrons. The minimum Gasteiger partial charge on any atom is -0.340 e. The van der Waals surface area contributed by atoms with Crippen LogP contribution in [-0.2, 0) is 4.79 Å². The Morgan fingerprint density at radius 2 is 2.20 bits per heavy atom. The van der Waals surface area contributed by atoms with Gasteiger partial charge in [-0.1, -0.05) is 13.8 Å². The number of piperazine rings is 1. The lowest BCUT2D eigenvalue weighted by Crippen LogP contribution is -2.53. The first-order valence-electron chi connectivity index (χ1n) is 6.19. The summed E-state index contributed by atoms with van der Waals surface area (Å²) in [6, 6.07) is 0.515. The van der Waals surface area contributed by atoms with Crippen LogP contribution in [0.25, 0.3) is 0 Å². The van der Waals surface area contributed by atoms with Crippen molar-refractivity contribution in [3.8, 4) is 0 Å². The van der Waals surface area contributed by atoms with Crippen LogP contribution in [-0.4, -0.2) is 36.5 Å². The van der Waals surface area contributed by atoms with Crippen molar-refractivity contribution in [3.63, 3.8) is 0 Å². The van der Waals surface area contributed by atoms with Gasteiger partial charge < -0.3 is 10.2 Å². The first-order chi connectivity index (χ1) is 7.16. The maximum absolute atomic E-state index is 11.9. The number of hydrogen-bond acceptors (Lipinski definition) is 2. The average Bonchev–Trinajstić information content (AvgIpc) is 2.99. The summed E-state index contributed by atoms with van der Waals surface area (Å²) in [6.07, 6.45) is 3.42. The van der Waals surface area contributed by atoms with Crippen LogP contribution in [0.15, 0.2) is 0 Å². The van der Waals surface area contributed by atoms with Gasteiger partial charge in [0.05, 0.1) is 0 Å². The quantitative estimate of drug-likeness (QED) is 0.760. The summed E-state index contributed by atoms with van der Waals surface area (Å²) < 4.78 is 0. The molecule has 2 fully saturated rings. The molecule has 1 saturated carbocycles. The SMILES string of the molecule is CC(C)CC1CN(C(=O)C2CC2)CCN1. The molecule has 1 unspecified atom stereocenters. The molecule has 0 bridgehead atoms. The fraction of sp³-hybridized carbons (Fsp3) is 0.917. The van der Waals surface area contributed by atoms with E-state index in [1.807, 2.05) is 0 Å². The zero-order valence-electron chi connectivity index (χ0n) is 9.83. The zero-order chi connectivity index (χ0) is 10.8. The van der Waals surface area contributed by atoms with Gasteiger partial charge in [0.1, 0.15) is 0 Å². The highest BCUT2D eigenvalue weighted by atomic mass is 16.2. The molecule has 1 saturated heterocycles. The lowest BCUT2D eigenvalue weighted by molar-refractivity contribution is -0.133. The van der Waals surface area contributed by atoms with Gasteiger partial charge in [0.15, 0.2) is 0 Å². The molecule has 86 valence electrons. The van der Waals surface area contributed by atoms with Gasteiger partial charge in [-0.2, -0.15) is 0 Å². The number of rotatable bonds is 3. The lowest BCUT2D eigenvalue weighted by atomic mass is 10.0. The molecule has 1 aliphatic heterocycles. The Labute approximate surface area is 92.2 Å². The van der Waals surface area contributed by atoms with Crippen LogP contribution in [0.1, 0.15) is 33.1 Å². The van der Waals surface area contributed by atoms with Crippen LogP contribution in [0.3, 0.4) is 0 Å². The average molecular weight is 210 g/mol. The second kappa shape index (κ2) is 4.52. The topological polar surface area (TPSA) is 32.3 Å². The molecule has 3 heteroatoms. The van der Waals surface area contributed by atoms with E-state index in [9.17, 15) is 4.79 Å². The van der Waals surface area contributed by atoms with Gasteiger partial charge in [-0.05, 0) is 25.2 Å². The highest BCUT2D eigenvalue weighted by molar-refractivity contribution is 5.81. The third-order valence-electron chi connectivity index (χ3n) is 3.25. The molecule has 2 rings (SSSR count). The summed E-state index contributed by atoms with van der Waals surface area (Å²) in [5.74, 6) is 1.49. The number of carbonyl (C=O) groups excluding carboxylic acids is 1. The van der Waals surface area contributed by atoms with Crippen molar-refractivity contribution in [1.29, 1.82) is 0 Å². The normalized spacial score (nSPS) is 27.1. The van der Waals surface area contributed by atoms with Gasteiger partial charge in [-0.25, -0.2) is 0 Å². The van der Waals surface area contributed by atoms with Crippen LogP contribution < -0.4 is 5.32 Å². The lowest BCUT2D eigenvalue weighted by Gasteiger charge is -2.34. The number of nitrogens with zero attached hydrogens (tertiary/aromatic N) is 1. The molecule has 2 aliphatic rings. The number of nitrogens with one attached hydrogen (secondary N) is 1. The van der Waals surface area contributed by atoms with Gasteiger partial charge in [0.25, 0.3) is 0 Å². The van der Waals surface area contributed by atoms with Crippen LogP contribution in [0.2, 0.25) is 0 Å². The smallest absolute Gasteiger partial charge is 0.225 e. The molecule has 0 aromatic rings. The fourth-order valence-corrected chi connectivity index (χ4v) is 2.34. The predicted octanol–water partition coefficient (Wildman–Crippen LogP) is 1.24. The van der Waals surface area contributed by atoms with E-state index in [0.717, 1.165) is 32.5 Å². The highest BCUT2D eigenvalue weighted by Crippen LogP contribution is 2.31. The molecule has 1 aliphatic carbocycles. The Hall–Kier alpha value is -0.570. The van der Waals surface area contributed by atoms with E-state index in [1.165, 1.54) is 6.42 Å². The predicted molar refractivity (Wildman–Crippen MR) is 60.5 cm³/mol. The van der Waals surface area contributed by atoms with E-state index < -0.39 is 0 Å². The summed E-state index contributed by atoms with van der Waals surface area (Å²) in [4.78, 5) is 14.0. The summed E-state index contributed by atoms with van der Waals surface area (Å²) in [5.41, 5.74) is 0. The third kappa shape index (κ3) is 2.94. The van der Waals surface area contributed by atoms with E-state index >= 15 is 0 Å². The second-order valence-electron chi connectivity index (χ2n) is 5.34.